The second-order valence-corrected chi connectivity index (χ2v) is 2.98. The van der Waals surface area contributed by atoms with Crippen LogP contribution in [0.25, 0.3) is 0 Å². The van der Waals surface area contributed by atoms with Crippen LogP contribution in [0.5, 0.6) is 0 Å². The number of ketones is 1. The molecule has 0 heterocycles. The van der Waals surface area contributed by atoms with Crippen molar-refractivity contribution in [2.45, 2.75) is 11.1 Å². The van der Waals surface area contributed by atoms with E-state index in [9.17, 15) is 9.59 Å². The Morgan fingerprint density at radius 3 is 2.25 bits per heavy atom. The minimum absolute atomic E-state index is 0.148. The van der Waals surface area contributed by atoms with Gasteiger partial charge in [-0.3, -0.25) is 0 Å². The van der Waals surface area contributed by atoms with Gasteiger partial charge in [0.15, 0.2) is 0 Å². The molecule has 0 saturated heterocycles. The van der Waals surface area contributed by atoms with Crippen LogP contribution in [0.3, 0.4) is 0 Å². The Labute approximate surface area is 53.2 Å². The maximum atomic E-state index is 10.2. The van der Waals surface area contributed by atoms with Crippen molar-refractivity contribution in [1.82, 2.24) is 0 Å². The molecule has 0 rings (SSSR count). The Morgan fingerprint density at radius 2 is 2.12 bits per heavy atom. The van der Waals surface area contributed by atoms with E-state index < -0.39 is 11.8 Å². The summed E-state index contributed by atoms with van der Waals surface area (Å²) in [7, 11) is 0. The number of carboxylic acids is 1. The van der Waals surface area contributed by atoms with E-state index in [1.165, 1.54) is 0 Å². The van der Waals surface area contributed by atoms with Gasteiger partial charge in [0, 0.05) is 0 Å². The van der Waals surface area contributed by atoms with Crippen molar-refractivity contribution in [3.05, 3.63) is 0 Å². The summed E-state index contributed by atoms with van der Waals surface area (Å²) in [5.41, 5.74) is 0. The van der Waals surface area contributed by atoms with Gasteiger partial charge >= 0.3 is 52.5 Å². The van der Waals surface area contributed by atoms with Crippen molar-refractivity contribution in [2.75, 3.05) is 0 Å². The Bertz CT molecular complexity index is 110. The van der Waals surface area contributed by atoms with Crippen LogP contribution in [0, 0.1) is 0 Å². The summed E-state index contributed by atoms with van der Waals surface area (Å²) in [5, 5.41) is 8.18. The molecule has 4 heteroatoms. The van der Waals surface area contributed by atoms with Gasteiger partial charge in [-0.05, 0) is 0 Å². The van der Waals surface area contributed by atoms with Crippen LogP contribution in [0.2, 0.25) is 11.1 Å². The van der Waals surface area contributed by atoms with E-state index >= 15 is 0 Å². The predicted molar refractivity (Wildman–Crippen MR) is 29.1 cm³/mol. The van der Waals surface area contributed by atoms with Gasteiger partial charge in [-0.2, -0.15) is 0 Å². The predicted octanol–water partition coefficient (Wildman–Crippen LogP) is -0.189. The van der Waals surface area contributed by atoms with Crippen molar-refractivity contribution in [1.29, 1.82) is 0 Å². The van der Waals surface area contributed by atoms with E-state index in [0.717, 1.165) is 0 Å². The summed E-state index contributed by atoms with van der Waals surface area (Å²) in [6.45, 7) is 0. The fourth-order valence-corrected chi connectivity index (χ4v) is 1.00. The Balaban J connectivity index is 3.49. The average molecular weight is 181 g/mol. The number of aliphatic carboxylic acids is 1. The van der Waals surface area contributed by atoms with Gasteiger partial charge in [0.2, 0.25) is 0 Å². The second-order valence-electron chi connectivity index (χ2n) is 1.16. The third kappa shape index (κ3) is 2.77. The Morgan fingerprint density at radius 1 is 1.62 bits per heavy atom. The molecule has 46 valence electrons. The topological polar surface area (TPSA) is 54.4 Å². The maximum absolute atomic E-state index is 10.2. The van der Waals surface area contributed by atoms with E-state index in [2.05, 4.69) is 0 Å². The first-order valence-electron chi connectivity index (χ1n) is 1.93. The Kier molecular flexibility index (Phi) is 3.48. The van der Waals surface area contributed by atoms with Crippen molar-refractivity contribution in [3.8, 4) is 0 Å². The van der Waals surface area contributed by atoms with Gasteiger partial charge in [0.05, 0.1) is 0 Å². The summed E-state index contributed by atoms with van der Waals surface area (Å²) in [5.74, 6) is -0.158. The first-order valence-corrected chi connectivity index (χ1v) is 4.86. The third-order valence-electron chi connectivity index (χ3n) is 0.514. The molecule has 0 aromatic heterocycles. The van der Waals surface area contributed by atoms with E-state index in [0.29, 0.717) is 0 Å². The summed E-state index contributed by atoms with van der Waals surface area (Å²) < 4.78 is 0. The Hall–Kier alpha value is -0.341. The number of hydrogen-bond donors (Lipinski definition) is 1. The van der Waals surface area contributed by atoms with Gasteiger partial charge in [0.25, 0.3) is 0 Å². The van der Waals surface area contributed by atoms with Crippen LogP contribution in [0.4, 0.5) is 0 Å². The molecule has 0 amide bonds. The van der Waals surface area contributed by atoms with Crippen LogP contribution >= 0.6 is 0 Å². The quantitative estimate of drug-likeness (QED) is 0.485. The molecule has 0 atom stereocenters. The molecule has 0 bridgehead atoms. The van der Waals surface area contributed by atoms with E-state index in [4.69, 9.17) is 5.11 Å². The SMILES string of the molecule is C[Se]CC(=O)C(=O)O. The van der Waals surface area contributed by atoms with Crippen LogP contribution in [-0.2, 0) is 9.59 Å². The molecule has 0 unspecified atom stereocenters. The van der Waals surface area contributed by atoms with Crippen molar-refractivity contribution in [3.63, 3.8) is 0 Å². The molecule has 0 aromatic rings. The second kappa shape index (κ2) is 3.64. The monoisotopic (exact) mass is 182 g/mol. The summed E-state index contributed by atoms with van der Waals surface area (Å²) in [4.78, 5) is 19.9. The van der Waals surface area contributed by atoms with Gasteiger partial charge in [0.1, 0.15) is 0 Å². The van der Waals surface area contributed by atoms with E-state index in [1.54, 1.807) is 0 Å². The van der Waals surface area contributed by atoms with Crippen LogP contribution in [0.1, 0.15) is 0 Å². The van der Waals surface area contributed by atoms with Gasteiger partial charge in [-0.15, -0.1) is 0 Å². The first-order chi connectivity index (χ1) is 3.68. The van der Waals surface area contributed by atoms with Crippen molar-refractivity contribution >= 4 is 26.7 Å². The number of carboxylic acid groups (broad SMARTS) is 1. The summed E-state index contributed by atoms with van der Waals surface area (Å²) in [6.07, 6.45) is 0. The van der Waals surface area contributed by atoms with Crippen LogP contribution in [-0.4, -0.2) is 31.8 Å². The summed E-state index contributed by atoms with van der Waals surface area (Å²) >= 11 is 0.148. The molecule has 0 spiro atoms. The molecular formula is C4H6O3Se. The zero-order chi connectivity index (χ0) is 6.57. The summed E-state index contributed by atoms with van der Waals surface area (Å²) in [6, 6.07) is 0. The molecule has 8 heavy (non-hydrogen) atoms. The standard InChI is InChI=1S/C4H6O3Se/c1-8-2-3(5)4(6)7/h2H2,1H3,(H,6,7). The van der Waals surface area contributed by atoms with Crippen LogP contribution in [0.15, 0.2) is 0 Å². The molecular weight excluding hydrogens is 175 g/mol. The first kappa shape index (κ1) is 7.66. The molecule has 0 radical (unpaired) electrons. The number of hydrogen-bond acceptors (Lipinski definition) is 2. The normalized spacial score (nSPS) is 8.62. The van der Waals surface area contributed by atoms with Gasteiger partial charge in [-0.25, -0.2) is 0 Å². The molecule has 0 aliphatic rings. The zero-order valence-electron chi connectivity index (χ0n) is 4.38. The van der Waals surface area contributed by atoms with Gasteiger partial charge < -0.3 is 0 Å². The third-order valence-corrected chi connectivity index (χ3v) is 1.67. The average Bonchev–Trinajstić information content (AvgIpc) is 1.67. The molecule has 1 N–H and O–H groups in total. The fraction of sp³-hybridized carbons (Fsp3) is 0.500. The van der Waals surface area contributed by atoms with Gasteiger partial charge in [-0.1, -0.05) is 0 Å². The van der Waals surface area contributed by atoms with Crippen molar-refractivity contribution < 1.29 is 14.7 Å². The zero-order valence-corrected chi connectivity index (χ0v) is 6.09. The molecule has 0 fully saturated rings. The molecule has 0 saturated carbocycles. The minimum atomic E-state index is -1.31. The van der Waals surface area contributed by atoms with E-state index in [1.807, 2.05) is 5.82 Å². The number of rotatable bonds is 3. The fourth-order valence-electron chi connectivity index (χ4n) is 0.193. The number of carbonyl (C=O) groups is 2. The number of Topliss-reactive ketones (excluding diaryl/α,β-unsaturated/α-hetero) is 1. The molecule has 0 aliphatic heterocycles. The van der Waals surface area contributed by atoms with Crippen LogP contribution < -0.4 is 0 Å². The molecule has 3 nitrogen and oxygen atoms in total. The molecule has 0 aromatic carbocycles. The van der Waals surface area contributed by atoms with Crippen molar-refractivity contribution in [2.24, 2.45) is 0 Å². The van der Waals surface area contributed by atoms with E-state index in [-0.39, 0.29) is 20.3 Å². The molecule has 0 aliphatic carbocycles. The number of carbonyl (C=O) groups excluding carboxylic acids is 1.